The van der Waals surface area contributed by atoms with E-state index in [1.54, 1.807) is 12.1 Å². The first-order valence-electron chi connectivity index (χ1n) is 8.53. The summed E-state index contributed by atoms with van der Waals surface area (Å²) in [6.45, 7) is 0.321. The van der Waals surface area contributed by atoms with Crippen LogP contribution in [0.25, 0.3) is 10.9 Å². The van der Waals surface area contributed by atoms with Crippen molar-refractivity contribution in [3.8, 4) is 0 Å². The molecule has 0 bridgehead atoms. The average molecular weight is 396 g/mol. The number of nitrogens with two attached hydrogens (primary N) is 1. The number of benzene rings is 3. The smallest absolute Gasteiger partial charge is 0.305 e. The van der Waals surface area contributed by atoms with Gasteiger partial charge in [0.15, 0.2) is 4.87 Å². The molecule has 2 N–H and O–H groups in total. The SMILES string of the molecule is N[N+](=O)c1ccccc1Sc1cn(Cc2cc(F)cc(F)c2)c2ccccc12. The normalized spacial score (nSPS) is 11.1. The summed E-state index contributed by atoms with van der Waals surface area (Å²) < 4.78 is 29.1. The highest BCUT2D eigenvalue weighted by Crippen LogP contribution is 2.39. The molecule has 1 heterocycles. The molecule has 0 aliphatic rings. The molecule has 140 valence electrons. The van der Waals surface area contributed by atoms with Gasteiger partial charge in [0.2, 0.25) is 0 Å². The van der Waals surface area contributed by atoms with Gasteiger partial charge < -0.3 is 4.57 Å². The maximum atomic E-state index is 13.6. The fourth-order valence-corrected chi connectivity index (χ4v) is 4.28. The van der Waals surface area contributed by atoms with Crippen molar-refractivity contribution in [2.75, 3.05) is 0 Å². The van der Waals surface area contributed by atoms with Crippen LogP contribution in [0.15, 0.2) is 82.7 Å². The highest BCUT2D eigenvalue weighted by Gasteiger charge is 2.18. The molecule has 0 aliphatic heterocycles. The molecule has 0 saturated heterocycles. The second-order valence-electron chi connectivity index (χ2n) is 6.31. The van der Waals surface area contributed by atoms with Crippen molar-refractivity contribution in [3.63, 3.8) is 0 Å². The van der Waals surface area contributed by atoms with Gasteiger partial charge in [0, 0.05) is 40.7 Å². The van der Waals surface area contributed by atoms with E-state index in [-0.39, 0.29) is 0 Å². The van der Waals surface area contributed by atoms with Gasteiger partial charge in [-0.2, -0.15) is 5.84 Å². The molecular formula is C21H16F2N3OS+. The molecule has 0 saturated carbocycles. The zero-order chi connectivity index (χ0) is 19.7. The van der Waals surface area contributed by atoms with Crippen LogP contribution in [0.4, 0.5) is 14.5 Å². The molecule has 4 nitrogen and oxygen atoms in total. The van der Waals surface area contributed by atoms with Crippen LogP contribution < -0.4 is 5.84 Å². The van der Waals surface area contributed by atoms with E-state index in [0.717, 1.165) is 26.8 Å². The van der Waals surface area contributed by atoms with Crippen LogP contribution in [0.3, 0.4) is 0 Å². The number of fused-ring (bicyclic) bond motifs is 1. The molecule has 4 rings (SSSR count). The minimum absolute atomic E-state index is 0.321. The van der Waals surface area contributed by atoms with Crippen molar-refractivity contribution in [1.29, 1.82) is 0 Å². The third-order valence-electron chi connectivity index (χ3n) is 4.35. The van der Waals surface area contributed by atoms with Crippen molar-refractivity contribution in [2.45, 2.75) is 16.3 Å². The van der Waals surface area contributed by atoms with Gasteiger partial charge in [0.25, 0.3) is 0 Å². The minimum atomic E-state index is -0.603. The lowest BCUT2D eigenvalue weighted by Crippen LogP contribution is -2.09. The van der Waals surface area contributed by atoms with Crippen LogP contribution in [-0.4, -0.2) is 9.44 Å². The van der Waals surface area contributed by atoms with Crippen molar-refractivity contribution >= 4 is 28.4 Å². The fourth-order valence-electron chi connectivity index (χ4n) is 3.17. The van der Waals surface area contributed by atoms with Crippen LogP contribution in [0.2, 0.25) is 0 Å². The van der Waals surface area contributed by atoms with Gasteiger partial charge in [-0.3, -0.25) is 0 Å². The van der Waals surface area contributed by atoms with Crippen molar-refractivity contribution in [2.24, 2.45) is 5.84 Å². The second kappa shape index (κ2) is 7.44. The molecule has 28 heavy (non-hydrogen) atoms. The Morgan fingerprint density at radius 2 is 1.61 bits per heavy atom. The number of nitrogens with zero attached hydrogens (tertiary/aromatic N) is 2. The largest absolute Gasteiger partial charge is 0.342 e. The number of hydrazine groups is 1. The Balaban J connectivity index is 1.76. The first-order chi connectivity index (χ1) is 13.5. The van der Waals surface area contributed by atoms with E-state index in [2.05, 4.69) is 0 Å². The highest BCUT2D eigenvalue weighted by molar-refractivity contribution is 7.99. The highest BCUT2D eigenvalue weighted by atomic mass is 32.2. The lowest BCUT2D eigenvalue weighted by molar-refractivity contribution is -0.477. The Morgan fingerprint density at radius 1 is 0.929 bits per heavy atom. The molecule has 0 radical (unpaired) electrons. The van der Waals surface area contributed by atoms with Crippen molar-refractivity contribution in [3.05, 3.63) is 95.0 Å². The Labute approximate surface area is 164 Å². The molecule has 0 amide bonds. The Hall–Kier alpha value is -3.19. The predicted molar refractivity (Wildman–Crippen MR) is 105 cm³/mol. The molecule has 0 unspecified atom stereocenters. The van der Waals surface area contributed by atoms with Gasteiger partial charge in [0.05, 0.1) is 9.80 Å². The monoisotopic (exact) mass is 396 g/mol. The molecule has 0 atom stereocenters. The number of aromatic nitrogens is 1. The van der Waals surface area contributed by atoms with Crippen molar-refractivity contribution < 1.29 is 13.6 Å². The van der Waals surface area contributed by atoms with Crippen LogP contribution >= 0.6 is 11.8 Å². The molecule has 4 aromatic rings. The maximum absolute atomic E-state index is 13.6. The zero-order valence-electron chi connectivity index (χ0n) is 14.7. The fraction of sp³-hybridized carbons (Fsp3) is 0.0476. The lowest BCUT2D eigenvalue weighted by atomic mass is 10.2. The molecule has 0 fully saturated rings. The average Bonchev–Trinajstić information content (AvgIpc) is 2.99. The van der Waals surface area contributed by atoms with Gasteiger partial charge in [0.1, 0.15) is 11.6 Å². The number of hydrogen-bond donors (Lipinski definition) is 1. The first kappa shape index (κ1) is 18.2. The van der Waals surface area contributed by atoms with Crippen LogP contribution in [0.1, 0.15) is 5.56 Å². The number of nitroso groups, excluding NO2 is 1. The summed E-state index contributed by atoms with van der Waals surface area (Å²) in [6.07, 6.45) is 1.92. The van der Waals surface area contributed by atoms with Gasteiger partial charge in [-0.05, 0) is 29.8 Å². The van der Waals surface area contributed by atoms with Crippen LogP contribution in [0, 0.1) is 16.5 Å². The first-order valence-corrected chi connectivity index (χ1v) is 9.34. The summed E-state index contributed by atoms with van der Waals surface area (Å²) >= 11 is 1.42. The van der Waals surface area contributed by atoms with Gasteiger partial charge >= 0.3 is 5.69 Å². The van der Waals surface area contributed by atoms with Crippen LogP contribution in [-0.2, 0) is 6.54 Å². The van der Waals surface area contributed by atoms with E-state index in [0.29, 0.717) is 22.7 Å². The summed E-state index contributed by atoms with van der Waals surface area (Å²) in [6, 6.07) is 18.3. The van der Waals surface area contributed by atoms with Crippen molar-refractivity contribution in [1.82, 2.24) is 4.57 Å². The standard InChI is InChI=1S/C21H16F2N3OS/c22-15-9-14(10-16(23)11-15)12-25-13-21(17-5-1-2-6-18(17)25)28-20-8-4-3-7-19(20)26(24)27/h1-11,13H,12H2,(H2,24,27)/q+1. The van der Waals surface area contributed by atoms with E-state index in [9.17, 15) is 13.7 Å². The predicted octanol–water partition coefficient (Wildman–Crippen LogP) is 5.40. The van der Waals surface area contributed by atoms with E-state index < -0.39 is 11.6 Å². The summed E-state index contributed by atoms with van der Waals surface area (Å²) in [5.74, 6) is 4.20. The molecule has 0 aliphatic carbocycles. The summed E-state index contributed by atoms with van der Waals surface area (Å²) in [7, 11) is 0. The number of para-hydroxylation sites is 2. The van der Waals surface area contributed by atoms with E-state index in [1.165, 1.54) is 23.9 Å². The molecule has 0 spiro atoms. The Bertz CT molecular complexity index is 1170. The third kappa shape index (κ3) is 3.61. The van der Waals surface area contributed by atoms with E-state index in [4.69, 9.17) is 5.84 Å². The number of rotatable bonds is 5. The zero-order valence-corrected chi connectivity index (χ0v) is 15.5. The summed E-state index contributed by atoms with van der Waals surface area (Å²) in [5, 5.41) is 0.980. The van der Waals surface area contributed by atoms with E-state index in [1.807, 2.05) is 47.2 Å². The second-order valence-corrected chi connectivity index (χ2v) is 7.40. The summed E-state index contributed by atoms with van der Waals surface area (Å²) in [4.78, 5) is 13.6. The Kier molecular flexibility index (Phi) is 4.83. The number of halogens is 2. The molecule has 1 aromatic heterocycles. The molecular weight excluding hydrogens is 380 g/mol. The molecule has 7 heteroatoms. The topological polar surface area (TPSA) is 51.0 Å². The minimum Gasteiger partial charge on any atom is -0.342 e. The van der Waals surface area contributed by atoms with Gasteiger partial charge in [-0.1, -0.05) is 42.1 Å². The number of hydrogen-bond acceptors (Lipinski definition) is 2. The van der Waals surface area contributed by atoms with Gasteiger partial charge in [-0.25, -0.2) is 8.78 Å². The lowest BCUT2D eigenvalue weighted by Gasteiger charge is -2.06. The Morgan fingerprint density at radius 3 is 2.36 bits per heavy atom. The van der Waals surface area contributed by atoms with E-state index >= 15 is 0 Å². The third-order valence-corrected chi connectivity index (χ3v) is 5.46. The quantitative estimate of drug-likeness (QED) is 0.279. The summed E-state index contributed by atoms with van der Waals surface area (Å²) in [5.41, 5.74) is 1.83. The molecule has 3 aromatic carbocycles. The maximum Gasteiger partial charge on any atom is 0.305 e. The van der Waals surface area contributed by atoms with Gasteiger partial charge in [-0.15, -0.1) is 0 Å². The van der Waals surface area contributed by atoms with Crippen LogP contribution in [0.5, 0.6) is 0 Å².